The minimum absolute atomic E-state index is 0.727. The lowest BCUT2D eigenvalue weighted by molar-refractivity contribution is -0.148. The second kappa shape index (κ2) is 4.02. The van der Waals surface area contributed by atoms with E-state index in [9.17, 15) is 4.79 Å². The molecule has 0 aromatic carbocycles. The summed E-state index contributed by atoms with van der Waals surface area (Å²) in [7, 11) is 0. The number of rotatable bonds is 2. The van der Waals surface area contributed by atoms with Crippen LogP contribution in [-0.4, -0.2) is 34.0 Å². The third-order valence-corrected chi connectivity index (χ3v) is 1.68. The lowest BCUT2D eigenvalue weighted by Gasteiger charge is -2.10. The normalized spacial score (nSPS) is 12.5. The highest BCUT2D eigenvalue weighted by Crippen LogP contribution is 2.29. The maximum absolute atomic E-state index is 9.52. The van der Waals surface area contributed by atoms with Crippen LogP contribution >= 0.6 is 0 Å². The first kappa shape index (κ1) is 9.70. The number of benzene rings is 1. The van der Waals surface area contributed by atoms with Crippen molar-refractivity contribution in [1.82, 2.24) is 0 Å². The first-order valence-corrected chi connectivity index (χ1v) is 3.77. The first-order chi connectivity index (χ1) is 6.15. The second-order valence-electron chi connectivity index (χ2n) is 2.61. The minimum atomic E-state index is -1.63. The maximum atomic E-state index is 9.52. The first-order valence-electron chi connectivity index (χ1n) is 3.77. The van der Waals surface area contributed by atoms with Crippen molar-refractivity contribution in [3.8, 4) is 11.1 Å². The molecule has 0 aliphatic heterocycles. The fraction of sp³-hybridized carbons (Fsp3) is 0.222. The molecule has 1 atom stereocenters. The van der Waals surface area contributed by atoms with Crippen LogP contribution in [0.2, 0.25) is 0 Å². The van der Waals surface area contributed by atoms with Crippen molar-refractivity contribution in [3.05, 3.63) is 24.3 Å². The molecule has 0 amide bonds. The van der Waals surface area contributed by atoms with Crippen molar-refractivity contribution in [3.63, 3.8) is 0 Å². The van der Waals surface area contributed by atoms with E-state index in [1.807, 2.05) is 0 Å². The van der Waals surface area contributed by atoms with E-state index in [0.29, 0.717) is 0 Å². The highest BCUT2D eigenvalue weighted by molar-refractivity contribution is 5.75. The van der Waals surface area contributed by atoms with Crippen LogP contribution in [-0.2, 0) is 4.79 Å². The zero-order valence-corrected chi connectivity index (χ0v) is 6.84. The van der Waals surface area contributed by atoms with Crippen LogP contribution in [0.1, 0.15) is 0 Å². The second-order valence-corrected chi connectivity index (χ2v) is 2.61. The molecule has 0 saturated heterocycles. The Bertz CT molecular complexity index is 270. The van der Waals surface area contributed by atoms with Gasteiger partial charge in [-0.3, -0.25) is 0 Å². The van der Waals surface area contributed by atoms with Gasteiger partial charge in [-0.1, -0.05) is 24.3 Å². The Labute approximate surface area is 75.1 Å². The highest BCUT2D eigenvalue weighted by Gasteiger charge is 2.08. The molecule has 2 rings (SSSR count). The molecule has 0 bridgehead atoms. The van der Waals surface area contributed by atoms with Crippen LogP contribution in [0.3, 0.4) is 0 Å². The summed E-state index contributed by atoms with van der Waals surface area (Å²) in [6.45, 7) is -0.727. The number of aliphatic carboxylic acids is 1. The number of fused-ring (bicyclic) bond motifs is 1. The Morgan fingerprint density at radius 1 is 1.23 bits per heavy atom. The number of hydrogen-bond acceptors (Lipinski definition) is 3. The van der Waals surface area contributed by atoms with Gasteiger partial charge in [0.15, 0.2) is 6.10 Å². The molecule has 0 heterocycles. The average molecular weight is 182 g/mol. The van der Waals surface area contributed by atoms with Gasteiger partial charge in [-0.25, -0.2) is 4.79 Å². The molecule has 0 saturated carbocycles. The lowest BCUT2D eigenvalue weighted by Crippen LogP contribution is -2.22. The summed E-state index contributed by atoms with van der Waals surface area (Å²) in [6.07, 6.45) is -1.63. The fourth-order valence-electron chi connectivity index (χ4n) is 0.741. The third kappa shape index (κ3) is 2.27. The third-order valence-electron chi connectivity index (χ3n) is 1.68. The molecule has 4 heteroatoms. The van der Waals surface area contributed by atoms with Crippen molar-refractivity contribution >= 4 is 5.97 Å². The molecule has 3 N–H and O–H groups in total. The molecular formula is C9H10O4. The summed E-state index contributed by atoms with van der Waals surface area (Å²) in [6, 6.07) is 8.48. The highest BCUT2D eigenvalue weighted by atomic mass is 16.4. The van der Waals surface area contributed by atoms with Gasteiger partial charge in [0.2, 0.25) is 0 Å². The van der Waals surface area contributed by atoms with Gasteiger partial charge in [0, 0.05) is 0 Å². The van der Waals surface area contributed by atoms with Crippen LogP contribution in [0, 0.1) is 0 Å². The van der Waals surface area contributed by atoms with Crippen LogP contribution in [0.5, 0.6) is 0 Å². The quantitative estimate of drug-likeness (QED) is 0.615. The van der Waals surface area contributed by atoms with Crippen molar-refractivity contribution in [2.24, 2.45) is 0 Å². The van der Waals surface area contributed by atoms with Gasteiger partial charge in [0.05, 0.1) is 6.61 Å². The Morgan fingerprint density at radius 3 is 1.62 bits per heavy atom. The van der Waals surface area contributed by atoms with E-state index in [4.69, 9.17) is 15.3 Å². The van der Waals surface area contributed by atoms with E-state index in [-0.39, 0.29) is 0 Å². The largest absolute Gasteiger partial charge is 0.479 e. The van der Waals surface area contributed by atoms with Gasteiger partial charge >= 0.3 is 5.97 Å². The minimum Gasteiger partial charge on any atom is -0.479 e. The predicted octanol–water partition coefficient (Wildman–Crippen LogP) is 0.0912. The Morgan fingerprint density at radius 2 is 1.62 bits per heavy atom. The van der Waals surface area contributed by atoms with E-state index in [1.165, 1.54) is 11.1 Å². The van der Waals surface area contributed by atoms with Crippen LogP contribution in [0.4, 0.5) is 0 Å². The molecule has 4 nitrogen and oxygen atoms in total. The molecule has 1 unspecified atom stereocenters. The number of carboxylic acid groups (broad SMARTS) is 1. The van der Waals surface area contributed by atoms with Gasteiger partial charge in [-0.05, 0) is 11.1 Å². The SMILES string of the molecule is O=C(O)C(O)CO.c1cc2ccc1-2. The average Bonchev–Trinajstić information content (AvgIpc) is 2.10. The van der Waals surface area contributed by atoms with E-state index in [1.54, 1.807) is 0 Å². The number of carbonyl (C=O) groups is 1. The van der Waals surface area contributed by atoms with Gasteiger partial charge in [-0.15, -0.1) is 0 Å². The zero-order chi connectivity index (χ0) is 9.84. The molecule has 2 aliphatic carbocycles. The zero-order valence-electron chi connectivity index (χ0n) is 6.84. The van der Waals surface area contributed by atoms with E-state index < -0.39 is 18.7 Å². The summed E-state index contributed by atoms with van der Waals surface area (Å²) in [5, 5.41) is 23.7. The molecule has 0 radical (unpaired) electrons. The van der Waals surface area contributed by atoms with Crippen LogP contribution in [0.25, 0.3) is 11.1 Å². The number of hydrogen-bond donors (Lipinski definition) is 3. The Kier molecular flexibility index (Phi) is 3.00. The summed E-state index contributed by atoms with van der Waals surface area (Å²) in [5.41, 5.74) is 2.85. The smallest absolute Gasteiger partial charge is 0.334 e. The number of carboxylic acids is 1. The van der Waals surface area contributed by atoms with Gasteiger partial charge in [0.25, 0.3) is 0 Å². The summed E-state index contributed by atoms with van der Waals surface area (Å²) in [5.74, 6) is -1.40. The molecule has 2 aliphatic rings. The van der Waals surface area contributed by atoms with Crippen molar-refractivity contribution in [2.75, 3.05) is 6.61 Å². The molecule has 0 spiro atoms. The summed E-state index contributed by atoms with van der Waals surface area (Å²) < 4.78 is 0. The van der Waals surface area contributed by atoms with Gasteiger partial charge in [0.1, 0.15) is 0 Å². The Hall–Kier alpha value is -1.39. The maximum Gasteiger partial charge on any atom is 0.334 e. The van der Waals surface area contributed by atoms with E-state index in [2.05, 4.69) is 24.3 Å². The number of aliphatic hydroxyl groups is 2. The van der Waals surface area contributed by atoms with E-state index >= 15 is 0 Å². The van der Waals surface area contributed by atoms with Gasteiger partial charge in [-0.2, -0.15) is 0 Å². The Balaban J connectivity index is 0.000000130. The molecule has 0 aromatic rings. The monoisotopic (exact) mass is 182 g/mol. The van der Waals surface area contributed by atoms with Crippen molar-refractivity contribution in [2.45, 2.75) is 6.10 Å². The number of aliphatic hydroxyl groups excluding tert-OH is 2. The molecular weight excluding hydrogens is 172 g/mol. The standard InChI is InChI=1S/C6H4.C3H6O4/c1-2-6-4-3-5(1)6;4-1-2(5)3(6)7/h1-4H;2,4-5H,1H2,(H,6,7). The van der Waals surface area contributed by atoms with Gasteiger partial charge < -0.3 is 15.3 Å². The summed E-state index contributed by atoms with van der Waals surface area (Å²) in [4.78, 5) is 9.52. The predicted molar refractivity (Wildman–Crippen MR) is 46.2 cm³/mol. The molecule has 0 aromatic heterocycles. The molecule has 0 fully saturated rings. The van der Waals surface area contributed by atoms with Crippen LogP contribution in [0.15, 0.2) is 24.3 Å². The van der Waals surface area contributed by atoms with Crippen molar-refractivity contribution in [1.29, 1.82) is 0 Å². The lowest BCUT2D eigenvalue weighted by atomic mass is 9.95. The topological polar surface area (TPSA) is 77.8 Å². The fourth-order valence-corrected chi connectivity index (χ4v) is 0.741. The summed E-state index contributed by atoms with van der Waals surface area (Å²) >= 11 is 0. The molecule has 70 valence electrons. The van der Waals surface area contributed by atoms with Crippen molar-refractivity contribution < 1.29 is 20.1 Å². The molecule has 13 heavy (non-hydrogen) atoms. The van der Waals surface area contributed by atoms with Crippen LogP contribution < -0.4 is 0 Å². The van der Waals surface area contributed by atoms with E-state index in [0.717, 1.165) is 0 Å².